The predicted molar refractivity (Wildman–Crippen MR) is 65.3 cm³/mol. The van der Waals surface area contributed by atoms with E-state index in [1.807, 2.05) is 18.7 Å². The molecule has 1 aliphatic rings. The highest BCUT2D eigenvalue weighted by Gasteiger charge is 2.28. The molecule has 5 heteroatoms. The van der Waals surface area contributed by atoms with Crippen molar-refractivity contribution in [2.24, 2.45) is 11.7 Å². The maximum absolute atomic E-state index is 14.1. The Balaban J connectivity index is 2.19. The fourth-order valence-corrected chi connectivity index (χ4v) is 2.27. The minimum Gasteiger partial charge on any atom is -0.354 e. The molecular weight excluding hydrogens is 219 g/mol. The Hall–Kier alpha value is -1.23. The van der Waals surface area contributed by atoms with Gasteiger partial charge in [0.25, 0.3) is 0 Å². The van der Waals surface area contributed by atoms with Crippen LogP contribution in [-0.2, 0) is 6.42 Å². The van der Waals surface area contributed by atoms with Crippen LogP contribution in [0.3, 0.4) is 0 Å². The molecule has 1 aliphatic heterocycles. The third-order valence-corrected chi connectivity index (χ3v) is 3.45. The van der Waals surface area contributed by atoms with Gasteiger partial charge < -0.3 is 10.6 Å². The summed E-state index contributed by atoms with van der Waals surface area (Å²) in [6, 6.07) is 0.149. The van der Waals surface area contributed by atoms with Gasteiger partial charge in [-0.25, -0.2) is 14.4 Å². The van der Waals surface area contributed by atoms with E-state index >= 15 is 0 Å². The van der Waals surface area contributed by atoms with Gasteiger partial charge in [0.05, 0.1) is 5.69 Å². The molecule has 17 heavy (non-hydrogen) atoms. The Kier molecular flexibility index (Phi) is 3.57. The first kappa shape index (κ1) is 12.2. The smallest absolute Gasteiger partial charge is 0.187 e. The minimum atomic E-state index is -0.277. The van der Waals surface area contributed by atoms with E-state index in [2.05, 4.69) is 9.97 Å². The average molecular weight is 238 g/mol. The first-order valence-corrected chi connectivity index (χ1v) is 6.13. The second kappa shape index (κ2) is 4.96. The number of nitrogens with two attached hydrogens (primary N) is 1. The molecule has 0 aromatic carbocycles. The van der Waals surface area contributed by atoms with E-state index in [-0.39, 0.29) is 11.9 Å². The zero-order chi connectivity index (χ0) is 12.4. The quantitative estimate of drug-likeness (QED) is 0.863. The van der Waals surface area contributed by atoms with Gasteiger partial charge in [0, 0.05) is 19.1 Å². The summed E-state index contributed by atoms with van der Waals surface area (Å²) in [5.41, 5.74) is 6.36. The molecule has 0 amide bonds. The lowest BCUT2D eigenvalue weighted by Gasteiger charge is -2.19. The summed E-state index contributed by atoms with van der Waals surface area (Å²) in [6.07, 6.45) is 3.03. The van der Waals surface area contributed by atoms with Crippen LogP contribution < -0.4 is 10.6 Å². The summed E-state index contributed by atoms with van der Waals surface area (Å²) in [4.78, 5) is 9.98. The van der Waals surface area contributed by atoms with Crippen LogP contribution in [-0.4, -0.2) is 29.1 Å². The summed E-state index contributed by atoms with van der Waals surface area (Å²) in [5.74, 6) is 0.578. The maximum Gasteiger partial charge on any atom is 0.187 e. The van der Waals surface area contributed by atoms with Gasteiger partial charge in [-0.3, -0.25) is 0 Å². The van der Waals surface area contributed by atoms with Crippen molar-refractivity contribution in [3.63, 3.8) is 0 Å². The molecule has 0 saturated carbocycles. The highest BCUT2D eigenvalue weighted by Crippen LogP contribution is 2.26. The van der Waals surface area contributed by atoms with Gasteiger partial charge in [0.2, 0.25) is 0 Å². The molecule has 1 aromatic rings. The van der Waals surface area contributed by atoms with E-state index in [9.17, 15) is 4.39 Å². The third kappa shape index (κ3) is 2.39. The summed E-state index contributed by atoms with van der Waals surface area (Å²) >= 11 is 0. The molecule has 94 valence electrons. The van der Waals surface area contributed by atoms with Crippen molar-refractivity contribution in [1.82, 2.24) is 9.97 Å². The monoisotopic (exact) mass is 238 g/mol. The number of hydrogen-bond donors (Lipinski definition) is 1. The summed E-state index contributed by atoms with van der Waals surface area (Å²) < 4.78 is 14.1. The van der Waals surface area contributed by atoms with Gasteiger partial charge in [-0.15, -0.1) is 0 Å². The molecule has 1 aromatic heterocycles. The zero-order valence-electron chi connectivity index (χ0n) is 10.4. The van der Waals surface area contributed by atoms with Crippen LogP contribution in [0.2, 0.25) is 0 Å². The highest BCUT2D eigenvalue weighted by molar-refractivity contribution is 5.42. The van der Waals surface area contributed by atoms with Crippen LogP contribution in [0.4, 0.5) is 10.2 Å². The van der Waals surface area contributed by atoms with Gasteiger partial charge in [0.1, 0.15) is 6.33 Å². The lowest BCUT2D eigenvalue weighted by atomic mass is 10.0. The molecule has 4 nitrogen and oxygen atoms in total. The second-order valence-electron chi connectivity index (χ2n) is 4.67. The Bertz CT molecular complexity index is 394. The van der Waals surface area contributed by atoms with Gasteiger partial charge in [0.15, 0.2) is 11.6 Å². The second-order valence-corrected chi connectivity index (χ2v) is 4.67. The number of nitrogens with zero attached hydrogens (tertiary/aromatic N) is 3. The van der Waals surface area contributed by atoms with E-state index in [4.69, 9.17) is 5.73 Å². The number of aromatic nitrogens is 2. The largest absolute Gasteiger partial charge is 0.354 e. The van der Waals surface area contributed by atoms with Gasteiger partial charge >= 0.3 is 0 Å². The van der Waals surface area contributed by atoms with Crippen molar-refractivity contribution >= 4 is 5.82 Å². The first-order chi connectivity index (χ1) is 8.13. The van der Waals surface area contributed by atoms with E-state index in [1.54, 1.807) is 0 Å². The van der Waals surface area contributed by atoms with Gasteiger partial charge in [-0.2, -0.15) is 0 Å². The molecule has 2 rings (SSSR count). The number of aryl methyl sites for hydroxylation is 1. The van der Waals surface area contributed by atoms with E-state index in [0.717, 1.165) is 19.5 Å². The minimum absolute atomic E-state index is 0.149. The molecule has 1 fully saturated rings. The number of hydrogen-bond acceptors (Lipinski definition) is 4. The van der Waals surface area contributed by atoms with Crippen LogP contribution >= 0.6 is 0 Å². The molecule has 2 atom stereocenters. The highest BCUT2D eigenvalue weighted by atomic mass is 19.1. The lowest BCUT2D eigenvalue weighted by Crippen LogP contribution is -2.30. The Morgan fingerprint density at radius 1 is 1.59 bits per heavy atom. The number of rotatable bonds is 3. The molecule has 2 heterocycles. The summed E-state index contributed by atoms with van der Waals surface area (Å²) in [5, 5.41) is 0. The van der Waals surface area contributed by atoms with Crippen molar-refractivity contribution in [2.45, 2.75) is 32.7 Å². The third-order valence-electron chi connectivity index (χ3n) is 3.45. The maximum atomic E-state index is 14.1. The van der Waals surface area contributed by atoms with Crippen LogP contribution in [0, 0.1) is 11.7 Å². The Morgan fingerprint density at radius 3 is 2.94 bits per heavy atom. The number of anilines is 1. The molecule has 2 N–H and O–H groups in total. The topological polar surface area (TPSA) is 55.0 Å². The van der Waals surface area contributed by atoms with Crippen molar-refractivity contribution in [2.75, 3.05) is 18.0 Å². The first-order valence-electron chi connectivity index (χ1n) is 6.13. The fraction of sp³-hybridized carbons (Fsp3) is 0.667. The molecule has 0 bridgehead atoms. The van der Waals surface area contributed by atoms with Crippen LogP contribution in [0.5, 0.6) is 0 Å². The van der Waals surface area contributed by atoms with Gasteiger partial charge in [-0.1, -0.05) is 6.92 Å². The summed E-state index contributed by atoms with van der Waals surface area (Å²) in [7, 11) is 0. The molecule has 0 aliphatic carbocycles. The van der Waals surface area contributed by atoms with Gasteiger partial charge in [-0.05, 0) is 25.7 Å². The SMILES string of the molecule is CCc1ncnc(N2CCC(C(C)N)C2)c1F. The fourth-order valence-electron chi connectivity index (χ4n) is 2.27. The molecular formula is C12H19FN4. The molecule has 0 spiro atoms. The lowest BCUT2D eigenvalue weighted by molar-refractivity contribution is 0.487. The van der Waals surface area contributed by atoms with Crippen molar-refractivity contribution < 1.29 is 4.39 Å². The number of halogens is 1. The zero-order valence-corrected chi connectivity index (χ0v) is 10.4. The van der Waals surface area contributed by atoms with Crippen molar-refractivity contribution in [3.8, 4) is 0 Å². The Labute approximate surface area is 101 Å². The molecule has 1 saturated heterocycles. The van der Waals surface area contributed by atoms with Crippen LogP contribution in [0.15, 0.2) is 6.33 Å². The van der Waals surface area contributed by atoms with Crippen LogP contribution in [0.25, 0.3) is 0 Å². The van der Waals surface area contributed by atoms with E-state index in [0.29, 0.717) is 23.9 Å². The van der Waals surface area contributed by atoms with Crippen LogP contribution in [0.1, 0.15) is 26.0 Å². The summed E-state index contributed by atoms with van der Waals surface area (Å²) in [6.45, 7) is 5.50. The average Bonchev–Trinajstić information content (AvgIpc) is 2.78. The van der Waals surface area contributed by atoms with E-state index < -0.39 is 0 Å². The van der Waals surface area contributed by atoms with E-state index in [1.165, 1.54) is 6.33 Å². The predicted octanol–water partition coefficient (Wildman–Crippen LogP) is 1.35. The molecule has 0 radical (unpaired) electrons. The van der Waals surface area contributed by atoms with Crippen molar-refractivity contribution in [3.05, 3.63) is 17.8 Å². The normalized spacial score (nSPS) is 21.9. The standard InChI is InChI=1S/C12H19FN4/c1-3-10-11(13)12(16-7-15-10)17-5-4-9(6-17)8(2)14/h7-9H,3-6,14H2,1-2H3. The van der Waals surface area contributed by atoms with Crippen molar-refractivity contribution in [1.29, 1.82) is 0 Å². The molecule has 2 unspecified atom stereocenters. The Morgan fingerprint density at radius 2 is 2.35 bits per heavy atom.